The lowest BCUT2D eigenvalue weighted by Gasteiger charge is -2.12. The van der Waals surface area contributed by atoms with Crippen LogP contribution in [0.1, 0.15) is 25.5 Å². The zero-order chi connectivity index (χ0) is 12.3. The second-order valence-corrected chi connectivity index (χ2v) is 4.35. The molecule has 2 rings (SSSR count). The van der Waals surface area contributed by atoms with Gasteiger partial charge in [-0.05, 0) is 32.4 Å². The van der Waals surface area contributed by atoms with Gasteiger partial charge in [-0.3, -0.25) is 0 Å². The van der Waals surface area contributed by atoms with Gasteiger partial charge in [-0.2, -0.15) is 0 Å². The van der Waals surface area contributed by atoms with Gasteiger partial charge in [0, 0.05) is 11.6 Å². The lowest BCUT2D eigenvalue weighted by molar-refractivity contribution is 0.603. The maximum Gasteiger partial charge on any atom is 0.164 e. The molecule has 4 heteroatoms. The van der Waals surface area contributed by atoms with E-state index in [1.165, 1.54) is 5.56 Å². The molecule has 0 radical (unpaired) electrons. The first kappa shape index (κ1) is 11.8. The van der Waals surface area contributed by atoms with Gasteiger partial charge >= 0.3 is 0 Å². The van der Waals surface area contributed by atoms with Crippen molar-refractivity contribution in [1.82, 2.24) is 14.8 Å². The molecule has 0 aliphatic rings. The van der Waals surface area contributed by atoms with Gasteiger partial charge in [-0.25, -0.2) is 0 Å². The average molecular weight is 230 g/mol. The molecule has 17 heavy (non-hydrogen) atoms. The van der Waals surface area contributed by atoms with Crippen molar-refractivity contribution >= 4 is 0 Å². The number of nitrogens with two attached hydrogens (primary N) is 1. The first-order valence-electron chi connectivity index (χ1n) is 5.92. The van der Waals surface area contributed by atoms with Gasteiger partial charge in [0.15, 0.2) is 5.82 Å². The van der Waals surface area contributed by atoms with E-state index in [1.54, 1.807) is 6.33 Å². The van der Waals surface area contributed by atoms with Crippen molar-refractivity contribution in [2.24, 2.45) is 5.73 Å². The van der Waals surface area contributed by atoms with Crippen molar-refractivity contribution < 1.29 is 0 Å². The average Bonchev–Trinajstić information content (AvgIpc) is 2.79. The van der Waals surface area contributed by atoms with E-state index in [1.807, 2.05) is 12.1 Å². The standard InChI is InChI=1S/C13H18N4/c1-10(2)17-9-15-16-13(17)12-6-4-3-5-11(12)7-8-14/h3-6,9-10H,7-8,14H2,1-2H3. The van der Waals surface area contributed by atoms with Crippen LogP contribution in [0.5, 0.6) is 0 Å². The van der Waals surface area contributed by atoms with Gasteiger partial charge in [0.1, 0.15) is 6.33 Å². The molecule has 0 saturated carbocycles. The zero-order valence-corrected chi connectivity index (χ0v) is 10.3. The van der Waals surface area contributed by atoms with Crippen molar-refractivity contribution in [3.05, 3.63) is 36.2 Å². The number of hydrogen-bond donors (Lipinski definition) is 1. The van der Waals surface area contributed by atoms with E-state index in [0.717, 1.165) is 17.8 Å². The molecule has 90 valence electrons. The van der Waals surface area contributed by atoms with E-state index in [4.69, 9.17) is 5.73 Å². The topological polar surface area (TPSA) is 56.7 Å². The quantitative estimate of drug-likeness (QED) is 0.874. The first-order chi connectivity index (χ1) is 8.24. The van der Waals surface area contributed by atoms with Gasteiger partial charge in [0.25, 0.3) is 0 Å². The van der Waals surface area contributed by atoms with E-state index in [9.17, 15) is 0 Å². The van der Waals surface area contributed by atoms with Crippen LogP contribution in [0.25, 0.3) is 11.4 Å². The van der Waals surface area contributed by atoms with E-state index < -0.39 is 0 Å². The Bertz CT molecular complexity index is 488. The van der Waals surface area contributed by atoms with Gasteiger partial charge in [0.2, 0.25) is 0 Å². The summed E-state index contributed by atoms with van der Waals surface area (Å²) in [5.41, 5.74) is 7.99. The highest BCUT2D eigenvalue weighted by Gasteiger charge is 2.12. The first-order valence-corrected chi connectivity index (χ1v) is 5.92. The molecule has 0 spiro atoms. The summed E-state index contributed by atoms with van der Waals surface area (Å²) in [5, 5.41) is 8.23. The van der Waals surface area contributed by atoms with Crippen LogP contribution >= 0.6 is 0 Å². The number of nitrogens with zero attached hydrogens (tertiary/aromatic N) is 3. The normalized spacial score (nSPS) is 11.1. The van der Waals surface area contributed by atoms with Gasteiger partial charge in [0.05, 0.1) is 0 Å². The van der Waals surface area contributed by atoms with Crippen LogP contribution in [-0.4, -0.2) is 21.3 Å². The minimum atomic E-state index is 0.353. The molecule has 2 aromatic rings. The predicted octanol–water partition coefficient (Wildman–Crippen LogP) is 2.03. The summed E-state index contributed by atoms with van der Waals surface area (Å²) in [4.78, 5) is 0. The third-order valence-corrected chi connectivity index (χ3v) is 2.80. The smallest absolute Gasteiger partial charge is 0.164 e. The molecule has 1 aromatic heterocycles. The van der Waals surface area contributed by atoms with Crippen molar-refractivity contribution in [2.45, 2.75) is 26.3 Å². The van der Waals surface area contributed by atoms with Crippen molar-refractivity contribution in [1.29, 1.82) is 0 Å². The monoisotopic (exact) mass is 230 g/mol. The fraction of sp³-hybridized carbons (Fsp3) is 0.385. The Balaban J connectivity index is 2.48. The Labute approximate surface area is 101 Å². The Hall–Kier alpha value is -1.68. The van der Waals surface area contributed by atoms with E-state index in [2.05, 4.69) is 40.7 Å². The summed E-state index contributed by atoms with van der Waals surface area (Å²) in [6, 6.07) is 8.58. The van der Waals surface area contributed by atoms with Gasteiger partial charge < -0.3 is 10.3 Å². The summed E-state index contributed by atoms with van der Waals surface area (Å²) in [6.45, 7) is 4.89. The number of hydrogen-bond acceptors (Lipinski definition) is 3. The van der Waals surface area contributed by atoms with Crippen LogP contribution in [0, 0.1) is 0 Å². The minimum Gasteiger partial charge on any atom is -0.330 e. The van der Waals surface area contributed by atoms with Crippen LogP contribution in [0.15, 0.2) is 30.6 Å². The van der Waals surface area contributed by atoms with Crippen molar-refractivity contribution in [2.75, 3.05) is 6.54 Å². The van der Waals surface area contributed by atoms with Crippen molar-refractivity contribution in [3.63, 3.8) is 0 Å². The number of benzene rings is 1. The third-order valence-electron chi connectivity index (χ3n) is 2.80. The molecule has 0 aliphatic carbocycles. The molecule has 0 saturated heterocycles. The second-order valence-electron chi connectivity index (χ2n) is 4.35. The van der Waals surface area contributed by atoms with E-state index >= 15 is 0 Å². The Morgan fingerprint density at radius 3 is 2.76 bits per heavy atom. The summed E-state index contributed by atoms with van der Waals surface area (Å²) in [7, 11) is 0. The molecule has 0 aliphatic heterocycles. The van der Waals surface area contributed by atoms with Crippen LogP contribution in [0.2, 0.25) is 0 Å². The van der Waals surface area contributed by atoms with Crippen molar-refractivity contribution in [3.8, 4) is 11.4 Å². The zero-order valence-electron chi connectivity index (χ0n) is 10.3. The molecule has 4 nitrogen and oxygen atoms in total. The molecule has 0 amide bonds. The molecule has 1 heterocycles. The lowest BCUT2D eigenvalue weighted by atomic mass is 10.0. The SMILES string of the molecule is CC(C)n1cnnc1-c1ccccc1CCN. The highest BCUT2D eigenvalue weighted by molar-refractivity contribution is 5.60. The molecular weight excluding hydrogens is 212 g/mol. The van der Waals surface area contributed by atoms with Crippen LogP contribution in [-0.2, 0) is 6.42 Å². The maximum absolute atomic E-state index is 5.64. The summed E-state index contributed by atoms with van der Waals surface area (Å²) in [6.07, 6.45) is 2.64. The second kappa shape index (κ2) is 5.10. The highest BCUT2D eigenvalue weighted by atomic mass is 15.3. The molecule has 2 N–H and O–H groups in total. The Morgan fingerprint density at radius 1 is 1.29 bits per heavy atom. The molecule has 0 unspecified atom stereocenters. The fourth-order valence-corrected chi connectivity index (χ4v) is 1.93. The number of aromatic nitrogens is 3. The largest absolute Gasteiger partial charge is 0.330 e. The molecule has 0 fully saturated rings. The summed E-state index contributed by atoms with van der Waals surface area (Å²) >= 11 is 0. The molecular formula is C13H18N4. The van der Waals surface area contributed by atoms with Gasteiger partial charge in [-0.15, -0.1) is 10.2 Å². The number of rotatable bonds is 4. The van der Waals surface area contributed by atoms with Crippen LogP contribution < -0.4 is 5.73 Å². The molecule has 0 bridgehead atoms. The Morgan fingerprint density at radius 2 is 2.06 bits per heavy atom. The molecule has 0 atom stereocenters. The van der Waals surface area contributed by atoms with Crippen LogP contribution in [0.4, 0.5) is 0 Å². The van der Waals surface area contributed by atoms with Crippen LogP contribution in [0.3, 0.4) is 0 Å². The summed E-state index contributed by atoms with van der Waals surface area (Å²) < 4.78 is 2.08. The summed E-state index contributed by atoms with van der Waals surface area (Å²) in [5.74, 6) is 0.920. The highest BCUT2D eigenvalue weighted by Crippen LogP contribution is 2.24. The predicted molar refractivity (Wildman–Crippen MR) is 68.6 cm³/mol. The molecule has 1 aromatic carbocycles. The fourth-order valence-electron chi connectivity index (χ4n) is 1.93. The van der Waals surface area contributed by atoms with E-state index in [0.29, 0.717) is 12.6 Å². The Kier molecular flexibility index (Phi) is 3.54. The maximum atomic E-state index is 5.64. The lowest BCUT2D eigenvalue weighted by Crippen LogP contribution is -2.07. The van der Waals surface area contributed by atoms with E-state index in [-0.39, 0.29) is 0 Å². The van der Waals surface area contributed by atoms with Gasteiger partial charge in [-0.1, -0.05) is 24.3 Å². The minimum absolute atomic E-state index is 0.353. The third kappa shape index (κ3) is 2.36.